The van der Waals surface area contributed by atoms with Crippen molar-refractivity contribution in [2.75, 3.05) is 5.43 Å². The van der Waals surface area contributed by atoms with Crippen molar-refractivity contribution in [2.24, 2.45) is 5.84 Å². The van der Waals surface area contributed by atoms with Crippen LogP contribution in [0.15, 0.2) is 24.3 Å². The summed E-state index contributed by atoms with van der Waals surface area (Å²) >= 11 is 5.96. The summed E-state index contributed by atoms with van der Waals surface area (Å²) in [6, 6.07) is 7.75. The topological polar surface area (TPSA) is 50.9 Å². The molecule has 1 saturated carbocycles. The average molecular weight is 234 g/mol. The Morgan fingerprint density at radius 2 is 2.12 bits per heavy atom. The highest BCUT2D eigenvalue weighted by atomic mass is 35.5. The van der Waals surface area contributed by atoms with Crippen molar-refractivity contribution >= 4 is 28.2 Å². The van der Waals surface area contributed by atoms with E-state index in [2.05, 4.69) is 10.4 Å². The van der Waals surface area contributed by atoms with Gasteiger partial charge in [0.1, 0.15) is 0 Å². The molecular formula is C12H12ClN3. The van der Waals surface area contributed by atoms with Gasteiger partial charge in [-0.1, -0.05) is 17.7 Å². The number of fused-ring (bicyclic) bond motifs is 1. The quantitative estimate of drug-likeness (QED) is 0.619. The molecule has 1 aliphatic rings. The van der Waals surface area contributed by atoms with Gasteiger partial charge < -0.3 is 5.43 Å². The SMILES string of the molecule is NNc1cc2ccc(Cl)cc2nc1C1CC1. The summed E-state index contributed by atoms with van der Waals surface area (Å²) in [5, 5.41) is 1.77. The first-order valence-corrected chi connectivity index (χ1v) is 5.72. The van der Waals surface area contributed by atoms with Gasteiger partial charge in [-0.05, 0) is 31.0 Å². The van der Waals surface area contributed by atoms with Gasteiger partial charge in [-0.25, -0.2) is 0 Å². The van der Waals surface area contributed by atoms with Gasteiger partial charge in [-0.3, -0.25) is 10.8 Å². The van der Waals surface area contributed by atoms with Gasteiger partial charge in [0.15, 0.2) is 0 Å². The average Bonchev–Trinajstić information content (AvgIpc) is 3.11. The van der Waals surface area contributed by atoms with Crippen LogP contribution >= 0.6 is 11.6 Å². The summed E-state index contributed by atoms with van der Waals surface area (Å²) in [7, 11) is 0. The number of benzene rings is 1. The normalized spacial score (nSPS) is 15.4. The van der Waals surface area contributed by atoms with Crippen molar-refractivity contribution < 1.29 is 0 Å². The second kappa shape index (κ2) is 3.61. The minimum Gasteiger partial charge on any atom is -0.322 e. The molecule has 1 fully saturated rings. The molecule has 0 aliphatic heterocycles. The molecule has 0 atom stereocenters. The monoisotopic (exact) mass is 233 g/mol. The lowest BCUT2D eigenvalue weighted by molar-refractivity contribution is 1.04. The van der Waals surface area contributed by atoms with Crippen LogP contribution in [0.3, 0.4) is 0 Å². The Balaban J connectivity index is 2.23. The summed E-state index contributed by atoms with van der Waals surface area (Å²) < 4.78 is 0. The van der Waals surface area contributed by atoms with Gasteiger partial charge in [0.25, 0.3) is 0 Å². The first-order chi connectivity index (χ1) is 7.78. The second-order valence-electron chi connectivity index (χ2n) is 4.18. The van der Waals surface area contributed by atoms with Crippen LogP contribution in [-0.2, 0) is 0 Å². The van der Waals surface area contributed by atoms with Gasteiger partial charge >= 0.3 is 0 Å². The van der Waals surface area contributed by atoms with Gasteiger partial charge in [0, 0.05) is 16.3 Å². The smallest absolute Gasteiger partial charge is 0.0721 e. The van der Waals surface area contributed by atoms with E-state index < -0.39 is 0 Å². The van der Waals surface area contributed by atoms with Crippen LogP contribution in [0.5, 0.6) is 0 Å². The Hall–Kier alpha value is -1.32. The minimum absolute atomic E-state index is 0.564. The maximum atomic E-state index is 5.96. The molecule has 1 aliphatic carbocycles. The second-order valence-corrected chi connectivity index (χ2v) is 4.61. The van der Waals surface area contributed by atoms with E-state index in [9.17, 15) is 0 Å². The first-order valence-electron chi connectivity index (χ1n) is 5.35. The van der Waals surface area contributed by atoms with Crippen LogP contribution < -0.4 is 11.3 Å². The molecule has 1 aromatic heterocycles. The summed E-state index contributed by atoms with van der Waals surface area (Å²) in [6.07, 6.45) is 2.40. The first kappa shape index (κ1) is 9.87. The van der Waals surface area contributed by atoms with Crippen LogP contribution in [0.2, 0.25) is 5.02 Å². The third kappa shape index (κ3) is 1.62. The van der Waals surface area contributed by atoms with Gasteiger partial charge in [-0.2, -0.15) is 0 Å². The zero-order valence-corrected chi connectivity index (χ0v) is 9.46. The van der Waals surface area contributed by atoms with E-state index in [0.29, 0.717) is 5.92 Å². The third-order valence-corrected chi connectivity index (χ3v) is 3.16. The van der Waals surface area contributed by atoms with Crippen LogP contribution in [-0.4, -0.2) is 4.98 Å². The molecule has 0 bridgehead atoms. The Kier molecular flexibility index (Phi) is 2.23. The fraction of sp³-hybridized carbons (Fsp3) is 0.250. The molecule has 1 aromatic carbocycles. The molecule has 0 radical (unpaired) electrons. The van der Waals surface area contributed by atoms with Crippen molar-refractivity contribution in [3.63, 3.8) is 0 Å². The predicted molar refractivity (Wildman–Crippen MR) is 66.5 cm³/mol. The molecule has 0 saturated heterocycles. The maximum Gasteiger partial charge on any atom is 0.0721 e. The number of hydrazine groups is 1. The van der Waals surface area contributed by atoms with Gasteiger partial charge in [0.2, 0.25) is 0 Å². The highest BCUT2D eigenvalue weighted by Crippen LogP contribution is 2.43. The molecule has 3 nitrogen and oxygen atoms in total. The number of hydrogen-bond donors (Lipinski definition) is 2. The zero-order valence-electron chi connectivity index (χ0n) is 8.70. The van der Waals surface area contributed by atoms with Crippen molar-refractivity contribution in [1.29, 1.82) is 0 Å². The molecule has 4 heteroatoms. The Morgan fingerprint density at radius 1 is 1.31 bits per heavy atom. The zero-order chi connectivity index (χ0) is 11.1. The van der Waals surface area contributed by atoms with E-state index in [1.807, 2.05) is 24.3 Å². The molecule has 1 heterocycles. The predicted octanol–water partition coefficient (Wildman–Crippen LogP) is 3.05. The number of anilines is 1. The summed E-state index contributed by atoms with van der Waals surface area (Å²) in [6.45, 7) is 0. The van der Waals surface area contributed by atoms with Crippen LogP contribution in [0, 0.1) is 0 Å². The molecule has 0 spiro atoms. The third-order valence-electron chi connectivity index (χ3n) is 2.93. The number of aromatic nitrogens is 1. The molecule has 16 heavy (non-hydrogen) atoms. The van der Waals surface area contributed by atoms with Crippen LogP contribution in [0.25, 0.3) is 10.9 Å². The van der Waals surface area contributed by atoms with E-state index in [0.717, 1.165) is 27.3 Å². The fourth-order valence-electron chi connectivity index (χ4n) is 1.94. The number of hydrogen-bond acceptors (Lipinski definition) is 3. The van der Waals surface area contributed by atoms with E-state index in [1.165, 1.54) is 12.8 Å². The summed E-state index contributed by atoms with van der Waals surface area (Å²) in [4.78, 5) is 4.64. The molecule has 82 valence electrons. The Morgan fingerprint density at radius 3 is 2.81 bits per heavy atom. The van der Waals surface area contributed by atoms with Crippen molar-refractivity contribution in [3.8, 4) is 0 Å². The maximum absolute atomic E-state index is 5.96. The number of halogens is 1. The van der Waals surface area contributed by atoms with Gasteiger partial charge in [-0.15, -0.1) is 0 Å². The molecular weight excluding hydrogens is 222 g/mol. The van der Waals surface area contributed by atoms with Crippen molar-refractivity contribution in [1.82, 2.24) is 4.98 Å². The molecule has 3 N–H and O–H groups in total. The van der Waals surface area contributed by atoms with Crippen molar-refractivity contribution in [3.05, 3.63) is 35.0 Å². The largest absolute Gasteiger partial charge is 0.322 e. The Bertz CT molecular complexity index is 549. The lowest BCUT2D eigenvalue weighted by Gasteiger charge is -2.09. The Labute approximate surface area is 98.6 Å². The van der Waals surface area contributed by atoms with Gasteiger partial charge in [0.05, 0.1) is 16.9 Å². The van der Waals surface area contributed by atoms with E-state index in [4.69, 9.17) is 17.4 Å². The molecule has 2 aromatic rings. The number of pyridine rings is 1. The lowest BCUT2D eigenvalue weighted by Crippen LogP contribution is -2.10. The number of nitrogens with one attached hydrogen (secondary N) is 1. The summed E-state index contributed by atoms with van der Waals surface area (Å²) in [5.41, 5.74) is 5.66. The molecule has 0 unspecified atom stereocenters. The lowest BCUT2D eigenvalue weighted by atomic mass is 10.1. The van der Waals surface area contributed by atoms with E-state index in [-0.39, 0.29) is 0 Å². The standard InChI is InChI=1S/C12H12ClN3/c13-9-4-3-8-5-11(16-14)12(7-1-2-7)15-10(8)6-9/h3-7,16H,1-2,14H2. The molecule has 0 amide bonds. The van der Waals surface area contributed by atoms with Crippen LogP contribution in [0.4, 0.5) is 5.69 Å². The fourth-order valence-corrected chi connectivity index (χ4v) is 2.11. The number of nitrogens with two attached hydrogens (primary N) is 1. The number of rotatable bonds is 2. The highest BCUT2D eigenvalue weighted by molar-refractivity contribution is 6.31. The minimum atomic E-state index is 0.564. The number of nitrogen functional groups attached to an aromatic ring is 1. The van der Waals surface area contributed by atoms with Crippen LogP contribution in [0.1, 0.15) is 24.5 Å². The molecule has 3 rings (SSSR count). The number of nitrogens with zero attached hydrogens (tertiary/aromatic N) is 1. The van der Waals surface area contributed by atoms with E-state index in [1.54, 1.807) is 0 Å². The van der Waals surface area contributed by atoms with Crippen molar-refractivity contribution in [2.45, 2.75) is 18.8 Å². The van der Waals surface area contributed by atoms with E-state index >= 15 is 0 Å². The summed E-state index contributed by atoms with van der Waals surface area (Å²) in [5.74, 6) is 6.09. The highest BCUT2D eigenvalue weighted by Gasteiger charge is 2.27.